The number of ether oxygens (including phenoxy) is 1. The van der Waals surface area contributed by atoms with E-state index in [1.165, 1.54) is 12.1 Å². The number of methoxy groups -OCH3 is 1. The Morgan fingerprint density at radius 1 is 1.29 bits per heavy atom. The van der Waals surface area contributed by atoms with Crippen molar-refractivity contribution in [1.82, 2.24) is 0 Å². The number of primary sulfonamides is 1. The molecule has 2 unspecified atom stereocenters. The molecule has 0 spiro atoms. The molecule has 0 aliphatic carbocycles. The minimum Gasteiger partial charge on any atom is -0.495 e. The van der Waals surface area contributed by atoms with E-state index in [1.54, 1.807) is 13.2 Å². The summed E-state index contributed by atoms with van der Waals surface area (Å²) in [6.07, 6.45) is 3.09. The maximum absolute atomic E-state index is 11.5. The van der Waals surface area contributed by atoms with Gasteiger partial charge in [-0.2, -0.15) is 0 Å². The first-order valence-corrected chi connectivity index (χ1v) is 8.83. The van der Waals surface area contributed by atoms with Crippen molar-refractivity contribution in [2.75, 3.05) is 12.4 Å². The summed E-state index contributed by atoms with van der Waals surface area (Å²) in [5.74, 6) is 1.22. The highest BCUT2D eigenvalue weighted by molar-refractivity contribution is 7.89. The number of anilines is 1. The van der Waals surface area contributed by atoms with E-state index in [1.807, 2.05) is 0 Å². The number of sulfonamides is 1. The molecule has 0 saturated carbocycles. The fraction of sp³-hybridized carbons (Fsp3) is 0.600. The van der Waals surface area contributed by atoms with E-state index in [9.17, 15) is 8.42 Å². The Balaban J connectivity index is 3.03. The minimum absolute atomic E-state index is 0.0872. The molecule has 3 N–H and O–H groups in total. The van der Waals surface area contributed by atoms with Crippen LogP contribution in [-0.4, -0.2) is 21.6 Å². The van der Waals surface area contributed by atoms with E-state index in [4.69, 9.17) is 9.88 Å². The molecule has 1 aromatic rings. The summed E-state index contributed by atoms with van der Waals surface area (Å²) in [6.45, 7) is 6.48. The fourth-order valence-electron chi connectivity index (χ4n) is 2.18. The van der Waals surface area contributed by atoms with Crippen LogP contribution in [0.5, 0.6) is 5.75 Å². The highest BCUT2D eigenvalue weighted by Crippen LogP contribution is 2.29. The van der Waals surface area contributed by atoms with Gasteiger partial charge in [-0.15, -0.1) is 0 Å². The van der Waals surface area contributed by atoms with Crippen LogP contribution in [0.1, 0.15) is 40.0 Å². The lowest BCUT2D eigenvalue weighted by Crippen LogP contribution is -2.22. The molecule has 1 rings (SSSR count). The van der Waals surface area contributed by atoms with Gasteiger partial charge in [-0.25, -0.2) is 13.6 Å². The number of hydrogen-bond donors (Lipinski definition) is 2. The normalized spacial score (nSPS) is 14.5. The van der Waals surface area contributed by atoms with Crippen molar-refractivity contribution in [3.63, 3.8) is 0 Å². The Kier molecular flexibility index (Phi) is 6.48. The molecule has 120 valence electrons. The van der Waals surface area contributed by atoms with Crippen molar-refractivity contribution in [1.29, 1.82) is 0 Å². The van der Waals surface area contributed by atoms with Gasteiger partial charge in [-0.3, -0.25) is 0 Å². The second-order valence-electron chi connectivity index (χ2n) is 5.41. The molecule has 0 radical (unpaired) electrons. The average Bonchev–Trinajstić information content (AvgIpc) is 2.45. The Labute approximate surface area is 127 Å². The fourth-order valence-corrected chi connectivity index (χ4v) is 2.72. The molecule has 0 aliphatic heterocycles. The van der Waals surface area contributed by atoms with Gasteiger partial charge in [-0.05, 0) is 37.0 Å². The molecule has 5 nitrogen and oxygen atoms in total. The first-order chi connectivity index (χ1) is 9.81. The third-order valence-corrected chi connectivity index (χ3v) is 4.65. The molecule has 0 aromatic heterocycles. The standard InChI is InChI=1S/C15H26N2O3S/c1-5-11(3)9-12(6-2)17-14-10-13(21(16,18)19)7-8-15(14)20-4/h7-8,10-12,17H,5-6,9H2,1-4H3,(H2,16,18,19). The Morgan fingerprint density at radius 2 is 1.95 bits per heavy atom. The van der Waals surface area contributed by atoms with E-state index in [0.717, 1.165) is 19.3 Å². The molecule has 0 bridgehead atoms. The van der Waals surface area contributed by atoms with Gasteiger partial charge in [0.2, 0.25) is 10.0 Å². The van der Waals surface area contributed by atoms with Crippen LogP contribution in [0, 0.1) is 5.92 Å². The third-order valence-electron chi connectivity index (χ3n) is 3.74. The van der Waals surface area contributed by atoms with Gasteiger partial charge >= 0.3 is 0 Å². The summed E-state index contributed by atoms with van der Waals surface area (Å²) in [5, 5.41) is 8.57. The maximum atomic E-state index is 11.5. The van der Waals surface area contributed by atoms with Crippen molar-refractivity contribution >= 4 is 15.7 Å². The SMILES string of the molecule is CCC(C)CC(CC)Nc1cc(S(N)(=O)=O)ccc1OC. The zero-order valence-electron chi connectivity index (χ0n) is 13.2. The summed E-state index contributed by atoms with van der Waals surface area (Å²) >= 11 is 0. The summed E-state index contributed by atoms with van der Waals surface area (Å²) in [6, 6.07) is 4.88. The average molecular weight is 314 g/mol. The highest BCUT2D eigenvalue weighted by Gasteiger charge is 2.16. The van der Waals surface area contributed by atoms with Crippen LogP contribution in [0.4, 0.5) is 5.69 Å². The second-order valence-corrected chi connectivity index (χ2v) is 6.97. The van der Waals surface area contributed by atoms with Gasteiger partial charge in [0, 0.05) is 6.04 Å². The van der Waals surface area contributed by atoms with Gasteiger partial charge in [0.15, 0.2) is 0 Å². The first-order valence-electron chi connectivity index (χ1n) is 7.29. The Bertz CT molecular complexity index is 558. The highest BCUT2D eigenvalue weighted by atomic mass is 32.2. The monoisotopic (exact) mass is 314 g/mol. The van der Waals surface area contributed by atoms with Gasteiger partial charge in [0.1, 0.15) is 5.75 Å². The molecule has 21 heavy (non-hydrogen) atoms. The van der Waals surface area contributed by atoms with Crippen LogP contribution in [-0.2, 0) is 10.0 Å². The van der Waals surface area contributed by atoms with Crippen molar-refractivity contribution < 1.29 is 13.2 Å². The van der Waals surface area contributed by atoms with Crippen molar-refractivity contribution in [2.24, 2.45) is 11.1 Å². The zero-order valence-corrected chi connectivity index (χ0v) is 14.0. The number of benzene rings is 1. The molecule has 0 amide bonds. The van der Waals surface area contributed by atoms with Crippen LogP contribution in [0.3, 0.4) is 0 Å². The predicted octanol–water partition coefficient (Wildman–Crippen LogP) is 2.97. The molecule has 0 aliphatic rings. The summed E-state index contributed by atoms with van der Waals surface area (Å²) in [7, 11) is -2.15. The number of rotatable bonds is 8. The van der Waals surface area contributed by atoms with E-state index in [2.05, 4.69) is 26.1 Å². The van der Waals surface area contributed by atoms with Gasteiger partial charge < -0.3 is 10.1 Å². The smallest absolute Gasteiger partial charge is 0.238 e. The second kappa shape index (κ2) is 7.66. The zero-order chi connectivity index (χ0) is 16.0. The van der Waals surface area contributed by atoms with E-state index in [-0.39, 0.29) is 10.9 Å². The van der Waals surface area contributed by atoms with Crippen LogP contribution < -0.4 is 15.2 Å². The minimum atomic E-state index is -3.72. The number of nitrogens with one attached hydrogen (secondary N) is 1. The Morgan fingerprint density at radius 3 is 2.43 bits per heavy atom. The van der Waals surface area contributed by atoms with Crippen LogP contribution in [0.2, 0.25) is 0 Å². The van der Waals surface area contributed by atoms with E-state index in [0.29, 0.717) is 17.4 Å². The number of hydrogen-bond acceptors (Lipinski definition) is 4. The van der Waals surface area contributed by atoms with Crippen molar-refractivity contribution in [2.45, 2.75) is 51.0 Å². The molecule has 1 aromatic carbocycles. The maximum Gasteiger partial charge on any atom is 0.238 e. The quantitative estimate of drug-likeness (QED) is 0.773. The van der Waals surface area contributed by atoms with Crippen LogP contribution in [0.25, 0.3) is 0 Å². The first kappa shape index (κ1) is 17.8. The van der Waals surface area contributed by atoms with Crippen LogP contribution >= 0.6 is 0 Å². The van der Waals surface area contributed by atoms with E-state index >= 15 is 0 Å². The predicted molar refractivity (Wildman–Crippen MR) is 86.1 cm³/mol. The molecule has 0 fully saturated rings. The summed E-state index contributed by atoms with van der Waals surface area (Å²) in [5.41, 5.74) is 0.666. The van der Waals surface area contributed by atoms with E-state index < -0.39 is 10.0 Å². The summed E-state index contributed by atoms with van der Waals surface area (Å²) < 4.78 is 28.2. The molecule has 2 atom stereocenters. The molecule has 0 saturated heterocycles. The van der Waals surface area contributed by atoms with Gasteiger partial charge in [-0.1, -0.05) is 27.2 Å². The lowest BCUT2D eigenvalue weighted by molar-refractivity contribution is 0.413. The molecule has 6 heteroatoms. The summed E-state index contributed by atoms with van der Waals surface area (Å²) in [4.78, 5) is 0.0872. The van der Waals surface area contributed by atoms with Crippen molar-refractivity contribution in [3.05, 3.63) is 18.2 Å². The van der Waals surface area contributed by atoms with Gasteiger partial charge in [0.05, 0.1) is 17.7 Å². The van der Waals surface area contributed by atoms with Crippen LogP contribution in [0.15, 0.2) is 23.1 Å². The topological polar surface area (TPSA) is 81.4 Å². The van der Waals surface area contributed by atoms with Gasteiger partial charge in [0.25, 0.3) is 0 Å². The molecular formula is C15H26N2O3S. The molecular weight excluding hydrogens is 288 g/mol. The lowest BCUT2D eigenvalue weighted by Gasteiger charge is -2.23. The largest absolute Gasteiger partial charge is 0.495 e. The third kappa shape index (κ3) is 5.21. The lowest BCUT2D eigenvalue weighted by atomic mass is 9.97. The molecule has 0 heterocycles. The number of nitrogens with two attached hydrogens (primary N) is 1. The van der Waals surface area contributed by atoms with Crippen molar-refractivity contribution in [3.8, 4) is 5.75 Å². The Hall–Kier alpha value is -1.27.